The van der Waals surface area contributed by atoms with Crippen LogP contribution in [0.3, 0.4) is 0 Å². The van der Waals surface area contributed by atoms with E-state index in [4.69, 9.17) is 9.84 Å². The molecule has 1 saturated heterocycles. The number of aromatic carboxylic acids is 1. The molecule has 12 nitrogen and oxygen atoms in total. The van der Waals surface area contributed by atoms with Crippen molar-refractivity contribution in [2.75, 3.05) is 6.54 Å². The van der Waals surface area contributed by atoms with Crippen molar-refractivity contribution < 1.29 is 33.8 Å². The molecule has 2 aliphatic carbocycles. The van der Waals surface area contributed by atoms with E-state index in [1.165, 1.54) is 0 Å². The molecule has 0 aromatic carbocycles. The highest BCUT2D eigenvalue weighted by atomic mass is 16.6. The summed E-state index contributed by atoms with van der Waals surface area (Å²) in [5.74, 6) is -3.09. The van der Waals surface area contributed by atoms with Crippen molar-refractivity contribution in [3.8, 4) is 0 Å². The minimum atomic E-state index is -1.27. The Balaban J connectivity index is 1.58. The summed E-state index contributed by atoms with van der Waals surface area (Å²) in [6.07, 6.45) is 9.16. The van der Waals surface area contributed by atoms with Crippen LogP contribution >= 0.6 is 0 Å². The molecule has 3 amide bonds. The number of carboxylic acids is 1. The highest BCUT2D eigenvalue weighted by Gasteiger charge is 2.53. The van der Waals surface area contributed by atoms with Crippen molar-refractivity contribution in [2.24, 2.45) is 23.2 Å². The summed E-state index contributed by atoms with van der Waals surface area (Å²) in [5.41, 5.74) is -1.83. The molecule has 2 saturated carbocycles. The number of hydrogen-bond acceptors (Lipinski definition) is 8. The lowest BCUT2D eigenvalue weighted by molar-refractivity contribution is -0.165. The molecule has 3 aliphatic rings. The van der Waals surface area contributed by atoms with Crippen LogP contribution in [0.1, 0.15) is 114 Å². The third-order valence-electron chi connectivity index (χ3n) is 9.02. The molecule has 0 spiro atoms. The molecule has 3 N–H and O–H groups in total. The van der Waals surface area contributed by atoms with Crippen LogP contribution in [0.4, 0.5) is 0 Å². The Morgan fingerprint density at radius 2 is 1.52 bits per heavy atom. The van der Waals surface area contributed by atoms with Gasteiger partial charge in [-0.3, -0.25) is 14.4 Å². The van der Waals surface area contributed by atoms with Gasteiger partial charge in [-0.25, -0.2) is 19.6 Å². The first-order valence-electron chi connectivity index (χ1n) is 15.8. The first kappa shape index (κ1) is 33.3. The van der Waals surface area contributed by atoms with E-state index in [1.807, 2.05) is 41.5 Å². The quantitative estimate of drug-likeness (QED) is 0.372. The first-order valence-corrected chi connectivity index (χ1v) is 15.8. The van der Waals surface area contributed by atoms with Gasteiger partial charge in [0.05, 0.1) is 12.4 Å². The molecule has 1 aromatic rings. The van der Waals surface area contributed by atoms with Crippen molar-refractivity contribution >= 4 is 29.7 Å². The van der Waals surface area contributed by atoms with Gasteiger partial charge in [-0.05, 0) is 69.6 Å². The SMILES string of the molecule is CC(C)(C)OC(=O)[C@@H]1[C@H]2CCC[C@H]2CN1C(=O)[C@@H](NC(=O)[C@@H](NC(=O)c1cnc(C(=O)O)cn1)C1CCCCC1)C(C)(C)C. The largest absolute Gasteiger partial charge is 0.476 e. The summed E-state index contributed by atoms with van der Waals surface area (Å²) < 4.78 is 5.77. The molecular formula is C32H47N5O7. The third-order valence-corrected chi connectivity index (χ3v) is 9.02. The molecule has 2 heterocycles. The Bertz CT molecular complexity index is 1250. The maximum absolute atomic E-state index is 14.3. The van der Waals surface area contributed by atoms with Crippen molar-refractivity contribution in [2.45, 2.75) is 117 Å². The zero-order valence-corrected chi connectivity index (χ0v) is 26.7. The number of nitrogens with one attached hydrogen (secondary N) is 2. The fourth-order valence-corrected chi connectivity index (χ4v) is 6.88. The smallest absolute Gasteiger partial charge is 0.356 e. The lowest BCUT2D eigenvalue weighted by atomic mass is 9.82. The summed E-state index contributed by atoms with van der Waals surface area (Å²) in [6, 6.07) is -2.62. The van der Waals surface area contributed by atoms with Crippen LogP contribution in [-0.2, 0) is 19.1 Å². The zero-order chi connectivity index (χ0) is 32.4. The lowest BCUT2D eigenvalue weighted by Crippen LogP contribution is -2.61. The summed E-state index contributed by atoms with van der Waals surface area (Å²) in [4.78, 5) is 75.4. The van der Waals surface area contributed by atoms with Gasteiger partial charge in [-0.2, -0.15) is 0 Å². The van der Waals surface area contributed by atoms with E-state index in [2.05, 4.69) is 20.6 Å². The number of likely N-dealkylation sites (tertiary alicyclic amines) is 1. The van der Waals surface area contributed by atoms with Gasteiger partial charge in [0.2, 0.25) is 11.8 Å². The average Bonchev–Trinajstić information content (AvgIpc) is 3.54. The second-order valence-corrected chi connectivity index (χ2v) is 14.6. The van der Waals surface area contributed by atoms with E-state index < -0.39 is 52.9 Å². The van der Waals surface area contributed by atoms with Crippen LogP contribution in [0.15, 0.2) is 12.4 Å². The molecule has 12 heteroatoms. The second-order valence-electron chi connectivity index (χ2n) is 14.6. The fourth-order valence-electron chi connectivity index (χ4n) is 6.88. The van der Waals surface area contributed by atoms with Crippen molar-refractivity contribution in [3.05, 3.63) is 23.8 Å². The van der Waals surface area contributed by atoms with E-state index in [0.717, 1.165) is 63.8 Å². The summed E-state index contributed by atoms with van der Waals surface area (Å²) in [7, 11) is 0. The van der Waals surface area contributed by atoms with Gasteiger partial charge >= 0.3 is 11.9 Å². The predicted octanol–water partition coefficient (Wildman–Crippen LogP) is 3.35. The Kier molecular flexibility index (Phi) is 9.99. The van der Waals surface area contributed by atoms with Crippen LogP contribution < -0.4 is 10.6 Å². The van der Waals surface area contributed by atoms with Gasteiger partial charge in [-0.1, -0.05) is 46.5 Å². The molecule has 4 rings (SSSR count). The molecule has 1 aliphatic heterocycles. The number of carboxylic acid groups (broad SMARTS) is 1. The number of rotatable bonds is 8. The Hall–Kier alpha value is -3.57. The monoisotopic (exact) mass is 613 g/mol. The zero-order valence-electron chi connectivity index (χ0n) is 26.7. The predicted molar refractivity (Wildman–Crippen MR) is 160 cm³/mol. The number of carbonyl (C=O) groups excluding carboxylic acids is 4. The Morgan fingerprint density at radius 3 is 2.09 bits per heavy atom. The minimum absolute atomic E-state index is 0.0213. The molecular weight excluding hydrogens is 566 g/mol. The number of ether oxygens (including phenoxy) is 1. The number of hydrogen-bond donors (Lipinski definition) is 3. The first-order chi connectivity index (χ1) is 20.6. The number of carbonyl (C=O) groups is 5. The fraction of sp³-hybridized carbons (Fsp3) is 0.719. The van der Waals surface area contributed by atoms with E-state index in [1.54, 1.807) is 4.90 Å². The third kappa shape index (κ3) is 7.74. The van der Waals surface area contributed by atoms with Crippen molar-refractivity contribution in [3.63, 3.8) is 0 Å². The Morgan fingerprint density at radius 1 is 0.886 bits per heavy atom. The van der Waals surface area contributed by atoms with E-state index >= 15 is 0 Å². The number of esters is 1. The van der Waals surface area contributed by atoms with Crippen LogP contribution in [-0.4, -0.2) is 79.9 Å². The summed E-state index contributed by atoms with van der Waals surface area (Å²) >= 11 is 0. The van der Waals surface area contributed by atoms with Gasteiger partial charge in [0.25, 0.3) is 5.91 Å². The van der Waals surface area contributed by atoms with Gasteiger partial charge in [-0.15, -0.1) is 0 Å². The second kappa shape index (κ2) is 13.2. The number of amides is 3. The topological polar surface area (TPSA) is 168 Å². The highest BCUT2D eigenvalue weighted by molar-refractivity contribution is 5.98. The van der Waals surface area contributed by atoms with Crippen molar-refractivity contribution in [1.82, 2.24) is 25.5 Å². The number of nitrogens with zero attached hydrogens (tertiary/aromatic N) is 3. The van der Waals surface area contributed by atoms with E-state index in [0.29, 0.717) is 6.54 Å². The molecule has 1 aromatic heterocycles. The Labute approximate surface area is 259 Å². The normalized spacial score (nSPS) is 23.8. The highest BCUT2D eigenvalue weighted by Crippen LogP contribution is 2.44. The van der Waals surface area contributed by atoms with Crippen LogP contribution in [0, 0.1) is 23.2 Å². The summed E-state index contributed by atoms with van der Waals surface area (Å²) in [5, 5.41) is 14.9. The lowest BCUT2D eigenvalue weighted by Gasteiger charge is -2.38. The van der Waals surface area contributed by atoms with E-state index in [9.17, 15) is 24.0 Å². The van der Waals surface area contributed by atoms with Crippen LogP contribution in [0.25, 0.3) is 0 Å². The minimum Gasteiger partial charge on any atom is -0.476 e. The van der Waals surface area contributed by atoms with E-state index in [-0.39, 0.29) is 35.0 Å². The van der Waals surface area contributed by atoms with Crippen molar-refractivity contribution in [1.29, 1.82) is 0 Å². The molecule has 5 atom stereocenters. The summed E-state index contributed by atoms with van der Waals surface area (Å²) in [6.45, 7) is 11.4. The average molecular weight is 614 g/mol. The molecule has 0 bridgehead atoms. The maximum atomic E-state index is 14.3. The standard InChI is InChI=1S/C32H47N5O7/c1-31(2,3)25(28(40)37-17-19-13-10-14-20(19)24(37)30(43)44-32(4,5)6)36-27(39)23(18-11-8-7-9-12-18)35-26(38)21-15-34-22(16-33-21)29(41)42/h15-16,18-20,23-25H,7-14,17H2,1-6H3,(H,35,38)(H,36,39)(H,41,42)/t19-,20-,23-,24-,25+/m0/s1. The molecule has 0 unspecified atom stereocenters. The molecule has 3 fully saturated rings. The number of aromatic nitrogens is 2. The van der Waals surface area contributed by atoms with Crippen LogP contribution in [0.2, 0.25) is 0 Å². The van der Waals surface area contributed by atoms with Gasteiger partial charge in [0.1, 0.15) is 29.4 Å². The number of fused-ring (bicyclic) bond motifs is 1. The molecule has 0 radical (unpaired) electrons. The van der Waals surface area contributed by atoms with Crippen LogP contribution in [0.5, 0.6) is 0 Å². The van der Waals surface area contributed by atoms with Gasteiger partial charge in [0, 0.05) is 6.54 Å². The molecule has 44 heavy (non-hydrogen) atoms. The van der Waals surface area contributed by atoms with Gasteiger partial charge < -0.3 is 25.4 Å². The van der Waals surface area contributed by atoms with Gasteiger partial charge in [0.15, 0.2) is 5.69 Å². The molecule has 242 valence electrons. The maximum Gasteiger partial charge on any atom is 0.356 e.